The first kappa shape index (κ1) is 13.4. The molecule has 0 N–H and O–H groups in total. The molecule has 3 rings (SSSR count). The van der Waals surface area contributed by atoms with Crippen molar-refractivity contribution in [3.05, 3.63) is 36.5 Å². The molecular weight excluding hydrogens is 270 g/mol. The number of fused-ring (bicyclic) bond motifs is 1. The molecule has 0 aliphatic heterocycles. The van der Waals surface area contributed by atoms with Crippen LogP contribution >= 0.6 is 11.8 Å². The summed E-state index contributed by atoms with van der Waals surface area (Å²) >= 11 is 1.82. The number of aromatic nitrogens is 1. The van der Waals surface area contributed by atoms with Gasteiger partial charge in [0.05, 0.1) is 19.0 Å². The molecule has 104 valence electrons. The molecule has 0 saturated heterocycles. The lowest BCUT2D eigenvalue weighted by molar-refractivity contribution is -0.141. The normalized spacial score (nSPS) is 16.1. The fraction of sp³-hybridized carbons (Fsp3) is 0.375. The van der Waals surface area contributed by atoms with Gasteiger partial charge in [0.25, 0.3) is 0 Å². The maximum atomic E-state index is 11.4. The number of esters is 1. The molecule has 1 fully saturated rings. The smallest absolute Gasteiger partial charge is 0.306 e. The molecule has 3 nitrogen and oxygen atoms in total. The Morgan fingerprint density at radius 2 is 2.15 bits per heavy atom. The van der Waals surface area contributed by atoms with Gasteiger partial charge in [-0.1, -0.05) is 18.2 Å². The third kappa shape index (κ3) is 2.80. The number of nitrogens with zero attached hydrogens (tertiary/aromatic N) is 1. The molecular formula is C16H17NO2S. The van der Waals surface area contributed by atoms with Crippen molar-refractivity contribution < 1.29 is 9.53 Å². The van der Waals surface area contributed by atoms with E-state index in [4.69, 9.17) is 4.74 Å². The summed E-state index contributed by atoms with van der Waals surface area (Å²) in [7, 11) is 1.46. The second kappa shape index (κ2) is 5.44. The van der Waals surface area contributed by atoms with Crippen LogP contribution in [0.4, 0.5) is 0 Å². The molecule has 4 heteroatoms. The number of thioether (sulfide) groups is 1. The number of carbonyl (C=O) groups is 1. The fourth-order valence-electron chi connectivity index (χ4n) is 2.35. The molecule has 0 unspecified atom stereocenters. The molecule has 1 aromatic carbocycles. The zero-order valence-electron chi connectivity index (χ0n) is 11.5. The average Bonchev–Trinajstić information content (AvgIpc) is 3.25. The van der Waals surface area contributed by atoms with Crippen molar-refractivity contribution in [3.8, 4) is 0 Å². The van der Waals surface area contributed by atoms with E-state index in [0.717, 1.165) is 24.1 Å². The Bertz CT molecular complexity index is 632. The van der Waals surface area contributed by atoms with Crippen molar-refractivity contribution in [2.75, 3.05) is 12.9 Å². The number of methoxy groups -OCH3 is 1. The van der Waals surface area contributed by atoms with E-state index in [9.17, 15) is 4.79 Å². The molecule has 0 bridgehead atoms. The second-order valence-electron chi connectivity index (χ2n) is 5.37. The molecule has 0 spiro atoms. The lowest BCUT2D eigenvalue weighted by atomic mass is 10.1. The Labute approximate surface area is 122 Å². The molecule has 1 aliphatic rings. The summed E-state index contributed by atoms with van der Waals surface area (Å²) in [6, 6.07) is 10.2. The van der Waals surface area contributed by atoms with Gasteiger partial charge in [0.1, 0.15) is 0 Å². The molecule has 0 amide bonds. The van der Waals surface area contributed by atoms with Gasteiger partial charge in [-0.3, -0.25) is 9.78 Å². The van der Waals surface area contributed by atoms with Gasteiger partial charge in [-0.2, -0.15) is 0 Å². The molecule has 1 aliphatic carbocycles. The SMILES string of the molecule is COC(=O)CC1(CSc2ccnc3ccccc23)CC1. The van der Waals surface area contributed by atoms with Gasteiger partial charge in [0, 0.05) is 22.2 Å². The minimum atomic E-state index is -0.0947. The highest BCUT2D eigenvalue weighted by Crippen LogP contribution is 2.52. The second-order valence-corrected chi connectivity index (χ2v) is 6.38. The van der Waals surface area contributed by atoms with Crippen LogP contribution in [0.5, 0.6) is 0 Å². The van der Waals surface area contributed by atoms with Crippen molar-refractivity contribution in [2.45, 2.75) is 24.2 Å². The first-order valence-corrected chi connectivity index (χ1v) is 7.74. The topological polar surface area (TPSA) is 39.2 Å². The van der Waals surface area contributed by atoms with Crippen LogP contribution in [-0.2, 0) is 9.53 Å². The largest absolute Gasteiger partial charge is 0.469 e. The summed E-state index contributed by atoms with van der Waals surface area (Å²) in [6.07, 6.45) is 4.64. The summed E-state index contributed by atoms with van der Waals surface area (Å²) in [5.41, 5.74) is 1.18. The van der Waals surface area contributed by atoms with Gasteiger partial charge < -0.3 is 4.74 Å². The maximum Gasteiger partial charge on any atom is 0.306 e. The highest BCUT2D eigenvalue weighted by molar-refractivity contribution is 7.99. The lowest BCUT2D eigenvalue weighted by Crippen LogP contribution is -2.13. The zero-order valence-corrected chi connectivity index (χ0v) is 12.3. The number of benzene rings is 1. The van der Waals surface area contributed by atoms with Gasteiger partial charge in [0.2, 0.25) is 0 Å². The predicted molar refractivity (Wildman–Crippen MR) is 80.8 cm³/mol. The van der Waals surface area contributed by atoms with Crippen LogP contribution in [-0.4, -0.2) is 23.8 Å². The quantitative estimate of drug-likeness (QED) is 0.621. The van der Waals surface area contributed by atoms with Crippen LogP contribution in [0.15, 0.2) is 41.4 Å². The maximum absolute atomic E-state index is 11.4. The van der Waals surface area contributed by atoms with Crippen molar-refractivity contribution in [3.63, 3.8) is 0 Å². The third-order valence-electron chi connectivity index (χ3n) is 3.85. The van der Waals surface area contributed by atoms with Crippen molar-refractivity contribution >= 4 is 28.6 Å². The van der Waals surface area contributed by atoms with Crippen LogP contribution in [0, 0.1) is 5.41 Å². The fourth-order valence-corrected chi connectivity index (χ4v) is 3.69. The van der Waals surface area contributed by atoms with Crippen LogP contribution in [0.1, 0.15) is 19.3 Å². The summed E-state index contributed by atoms with van der Waals surface area (Å²) in [5.74, 6) is 0.874. The molecule has 1 heterocycles. The summed E-state index contributed by atoms with van der Waals surface area (Å²) in [5, 5.41) is 1.19. The molecule has 1 saturated carbocycles. The molecule has 0 atom stereocenters. The molecule has 20 heavy (non-hydrogen) atoms. The van der Waals surface area contributed by atoms with Gasteiger partial charge in [-0.15, -0.1) is 11.8 Å². The number of ether oxygens (including phenoxy) is 1. The van der Waals surface area contributed by atoms with Crippen molar-refractivity contribution in [1.29, 1.82) is 0 Å². The number of pyridine rings is 1. The first-order valence-electron chi connectivity index (χ1n) is 6.76. The van der Waals surface area contributed by atoms with Gasteiger partial charge in [0.15, 0.2) is 0 Å². The lowest BCUT2D eigenvalue weighted by Gasteiger charge is -2.13. The Hall–Kier alpha value is -1.55. The van der Waals surface area contributed by atoms with Gasteiger partial charge in [-0.05, 0) is 30.4 Å². The van der Waals surface area contributed by atoms with Gasteiger partial charge >= 0.3 is 5.97 Å². The van der Waals surface area contributed by atoms with E-state index in [1.54, 1.807) is 0 Å². The Morgan fingerprint density at radius 3 is 2.90 bits per heavy atom. The number of para-hydroxylation sites is 1. The highest BCUT2D eigenvalue weighted by atomic mass is 32.2. The van der Waals surface area contributed by atoms with Crippen molar-refractivity contribution in [1.82, 2.24) is 4.98 Å². The minimum Gasteiger partial charge on any atom is -0.469 e. The van der Waals surface area contributed by atoms with E-state index >= 15 is 0 Å². The minimum absolute atomic E-state index is 0.0947. The molecule has 0 radical (unpaired) electrons. The zero-order chi connectivity index (χ0) is 14.0. The third-order valence-corrected chi connectivity index (χ3v) is 5.27. The summed E-state index contributed by atoms with van der Waals surface area (Å²) < 4.78 is 4.79. The number of rotatable bonds is 5. The monoisotopic (exact) mass is 287 g/mol. The van der Waals surface area contributed by atoms with Crippen LogP contribution in [0.2, 0.25) is 0 Å². The van der Waals surface area contributed by atoms with Crippen LogP contribution in [0.3, 0.4) is 0 Å². The Balaban J connectivity index is 1.73. The van der Waals surface area contributed by atoms with Crippen LogP contribution in [0.25, 0.3) is 10.9 Å². The summed E-state index contributed by atoms with van der Waals surface area (Å²) in [6.45, 7) is 0. The number of hydrogen-bond acceptors (Lipinski definition) is 4. The predicted octanol–water partition coefficient (Wildman–Crippen LogP) is 3.67. The Morgan fingerprint density at radius 1 is 1.35 bits per heavy atom. The Kier molecular flexibility index (Phi) is 3.66. The van der Waals surface area contributed by atoms with E-state index in [1.165, 1.54) is 17.4 Å². The van der Waals surface area contributed by atoms with E-state index < -0.39 is 0 Å². The molecule has 1 aromatic heterocycles. The number of hydrogen-bond donors (Lipinski definition) is 0. The van der Waals surface area contributed by atoms with Crippen LogP contribution < -0.4 is 0 Å². The number of carbonyl (C=O) groups excluding carboxylic acids is 1. The molecule has 2 aromatic rings. The van der Waals surface area contributed by atoms with E-state index in [-0.39, 0.29) is 11.4 Å². The highest BCUT2D eigenvalue weighted by Gasteiger charge is 2.44. The van der Waals surface area contributed by atoms with Crippen molar-refractivity contribution in [2.24, 2.45) is 5.41 Å². The van der Waals surface area contributed by atoms with Gasteiger partial charge in [-0.25, -0.2) is 0 Å². The standard InChI is InChI=1S/C16H17NO2S/c1-19-15(18)10-16(7-8-16)11-20-14-6-9-17-13-5-3-2-4-12(13)14/h2-6,9H,7-8,10-11H2,1H3. The van der Waals surface area contributed by atoms with E-state index in [0.29, 0.717) is 6.42 Å². The van der Waals surface area contributed by atoms with E-state index in [2.05, 4.69) is 17.1 Å². The summed E-state index contributed by atoms with van der Waals surface area (Å²) in [4.78, 5) is 17.1. The first-order chi connectivity index (χ1) is 9.72. The average molecular weight is 287 g/mol. The van der Waals surface area contributed by atoms with E-state index in [1.807, 2.05) is 36.2 Å².